The van der Waals surface area contributed by atoms with Crippen LogP contribution in [0, 0.1) is 0 Å². The quantitative estimate of drug-likeness (QED) is 0.272. The fraction of sp³-hybridized carbons (Fsp3) is 1.00. The van der Waals surface area contributed by atoms with E-state index in [1.165, 1.54) is 0 Å². The molecule has 2 fully saturated rings. The predicted molar refractivity (Wildman–Crippen MR) is 66.5 cm³/mol. The number of halogens is 1. The zero-order valence-corrected chi connectivity index (χ0v) is 11.7. The molecule has 4 atom stereocenters. The number of aliphatic hydroxyl groups is 1. The molecule has 2 saturated heterocycles. The van der Waals surface area contributed by atoms with E-state index in [0.717, 1.165) is 0 Å². The molecule has 0 aromatic rings. The first-order chi connectivity index (χ1) is 7.94. The van der Waals surface area contributed by atoms with Gasteiger partial charge >= 0.3 is 0 Å². The van der Waals surface area contributed by atoms with E-state index in [0.29, 0.717) is 4.43 Å². The van der Waals surface area contributed by atoms with Crippen molar-refractivity contribution in [1.82, 2.24) is 0 Å². The molecule has 8 heteroatoms. The van der Waals surface area contributed by atoms with Crippen molar-refractivity contribution in [3.8, 4) is 0 Å². The predicted octanol–water partition coefficient (Wildman–Crippen LogP) is 1.34. The lowest BCUT2D eigenvalue weighted by molar-refractivity contribution is -0.231. The number of rotatable bonds is 3. The van der Waals surface area contributed by atoms with E-state index in [9.17, 15) is 5.11 Å². The molecule has 0 amide bonds. The normalized spacial score (nSPS) is 43.2. The molecular weight excluding hydrogens is 341 g/mol. The van der Waals surface area contributed by atoms with Crippen LogP contribution in [0.2, 0.25) is 0 Å². The van der Waals surface area contributed by atoms with Gasteiger partial charge in [0.25, 0.3) is 0 Å². The number of fused-ring (bicyclic) bond motifs is 1. The van der Waals surface area contributed by atoms with E-state index in [-0.39, 0.29) is 6.54 Å². The van der Waals surface area contributed by atoms with Gasteiger partial charge in [-0.2, -0.15) is 0 Å². The highest BCUT2D eigenvalue weighted by molar-refractivity contribution is 14.1. The van der Waals surface area contributed by atoms with Gasteiger partial charge in [0.1, 0.15) is 17.8 Å². The summed E-state index contributed by atoms with van der Waals surface area (Å²) in [6.07, 6.45) is -2.01. The van der Waals surface area contributed by atoms with Crippen molar-refractivity contribution in [2.24, 2.45) is 5.11 Å². The Morgan fingerprint density at radius 3 is 2.65 bits per heavy atom. The van der Waals surface area contributed by atoms with Crippen molar-refractivity contribution in [1.29, 1.82) is 0 Å². The zero-order valence-electron chi connectivity index (χ0n) is 9.54. The standard InChI is InChI=1S/C9H14IN3O4/c1-8(2)15-5-6(14)9(3-10,4-12-13-11)17-7(5)16-8/h5-7,14H,3-4H2,1-2H3/t5-,6-,7+,9-/m1/s1. The second kappa shape index (κ2) is 4.52. The Morgan fingerprint density at radius 1 is 1.41 bits per heavy atom. The highest BCUT2D eigenvalue weighted by atomic mass is 127. The Hall–Kier alpha value is -0.120. The molecule has 0 aliphatic carbocycles. The highest BCUT2D eigenvalue weighted by Crippen LogP contribution is 2.43. The van der Waals surface area contributed by atoms with E-state index in [1.54, 1.807) is 13.8 Å². The van der Waals surface area contributed by atoms with Crippen LogP contribution in [0.5, 0.6) is 0 Å². The number of hydrogen-bond donors (Lipinski definition) is 1. The largest absolute Gasteiger partial charge is 0.387 e. The molecule has 0 radical (unpaired) electrons. The smallest absolute Gasteiger partial charge is 0.190 e. The summed E-state index contributed by atoms with van der Waals surface area (Å²) in [6, 6.07) is 0. The fourth-order valence-electron chi connectivity index (χ4n) is 2.10. The SMILES string of the molecule is CC1(C)O[C@H]2O[C@](CI)(CN=[N+]=[N-])[C@H](O)[C@H]2O1. The lowest BCUT2D eigenvalue weighted by atomic mass is 9.98. The summed E-state index contributed by atoms with van der Waals surface area (Å²) in [5, 5.41) is 13.7. The maximum absolute atomic E-state index is 10.3. The minimum atomic E-state index is -0.918. The van der Waals surface area contributed by atoms with Crippen molar-refractivity contribution >= 4 is 22.6 Å². The molecule has 0 unspecified atom stereocenters. The van der Waals surface area contributed by atoms with Gasteiger partial charge in [-0.1, -0.05) is 27.7 Å². The van der Waals surface area contributed by atoms with Crippen LogP contribution in [-0.2, 0) is 14.2 Å². The lowest BCUT2D eigenvalue weighted by Crippen LogP contribution is -2.48. The molecule has 2 heterocycles. The summed E-state index contributed by atoms with van der Waals surface area (Å²) in [7, 11) is 0. The summed E-state index contributed by atoms with van der Waals surface area (Å²) < 4.78 is 17.3. The molecule has 0 aromatic carbocycles. The van der Waals surface area contributed by atoms with Crippen LogP contribution >= 0.6 is 22.6 Å². The summed E-state index contributed by atoms with van der Waals surface area (Å²) in [4.78, 5) is 2.70. The first-order valence-corrected chi connectivity index (χ1v) is 6.75. The van der Waals surface area contributed by atoms with E-state index in [4.69, 9.17) is 19.7 Å². The van der Waals surface area contributed by atoms with Crippen LogP contribution in [0.1, 0.15) is 13.8 Å². The van der Waals surface area contributed by atoms with Gasteiger partial charge < -0.3 is 19.3 Å². The second-order valence-electron chi connectivity index (χ2n) is 4.62. The summed E-state index contributed by atoms with van der Waals surface area (Å²) in [5.41, 5.74) is 7.45. The van der Waals surface area contributed by atoms with Crippen LogP contribution in [-0.4, -0.2) is 46.0 Å². The molecule has 0 saturated carbocycles. The van der Waals surface area contributed by atoms with E-state index < -0.39 is 29.9 Å². The van der Waals surface area contributed by atoms with Crippen molar-refractivity contribution in [2.45, 2.75) is 43.7 Å². The number of azide groups is 1. The van der Waals surface area contributed by atoms with Crippen molar-refractivity contribution in [3.05, 3.63) is 10.4 Å². The highest BCUT2D eigenvalue weighted by Gasteiger charge is 2.60. The van der Waals surface area contributed by atoms with E-state index >= 15 is 0 Å². The van der Waals surface area contributed by atoms with E-state index in [2.05, 4.69) is 32.6 Å². The molecule has 2 rings (SSSR count). The number of hydrogen-bond acceptors (Lipinski definition) is 5. The molecule has 96 valence electrons. The Labute approximate surface area is 112 Å². The van der Waals surface area contributed by atoms with Crippen molar-refractivity contribution in [3.63, 3.8) is 0 Å². The monoisotopic (exact) mass is 355 g/mol. The lowest BCUT2D eigenvalue weighted by Gasteiger charge is -2.31. The van der Waals surface area contributed by atoms with Crippen LogP contribution in [0.25, 0.3) is 10.4 Å². The summed E-state index contributed by atoms with van der Waals surface area (Å²) in [6.45, 7) is 3.59. The zero-order chi connectivity index (χ0) is 12.7. The van der Waals surface area contributed by atoms with Gasteiger partial charge in [-0.15, -0.1) is 0 Å². The van der Waals surface area contributed by atoms with Gasteiger partial charge in [-0.3, -0.25) is 0 Å². The average molecular weight is 355 g/mol. The van der Waals surface area contributed by atoms with Gasteiger partial charge in [0.15, 0.2) is 12.1 Å². The summed E-state index contributed by atoms with van der Waals surface area (Å²) >= 11 is 2.09. The Balaban J connectivity index is 2.17. The maximum atomic E-state index is 10.3. The number of ether oxygens (including phenoxy) is 3. The minimum Gasteiger partial charge on any atom is -0.387 e. The van der Waals surface area contributed by atoms with Gasteiger partial charge in [-0.05, 0) is 19.4 Å². The topological polar surface area (TPSA) is 96.7 Å². The molecular formula is C9H14IN3O4. The molecule has 0 aromatic heterocycles. The van der Waals surface area contributed by atoms with Crippen molar-refractivity contribution < 1.29 is 19.3 Å². The third-order valence-electron chi connectivity index (χ3n) is 2.92. The third-order valence-corrected chi connectivity index (χ3v) is 4.21. The molecule has 17 heavy (non-hydrogen) atoms. The molecule has 1 N–H and O–H groups in total. The first-order valence-electron chi connectivity index (χ1n) is 5.22. The molecule has 2 aliphatic rings. The Bertz CT molecular complexity index is 360. The van der Waals surface area contributed by atoms with Gasteiger partial charge in [-0.25, -0.2) is 0 Å². The molecule has 7 nitrogen and oxygen atoms in total. The third kappa shape index (κ3) is 2.25. The number of aliphatic hydroxyl groups excluding tert-OH is 1. The van der Waals surface area contributed by atoms with Gasteiger partial charge in [0.2, 0.25) is 0 Å². The minimum absolute atomic E-state index is 0.0632. The number of alkyl halides is 1. The first kappa shape index (κ1) is 13.3. The summed E-state index contributed by atoms with van der Waals surface area (Å²) in [5.74, 6) is -0.758. The van der Waals surface area contributed by atoms with Crippen LogP contribution in [0.15, 0.2) is 5.11 Å². The van der Waals surface area contributed by atoms with Crippen LogP contribution in [0.3, 0.4) is 0 Å². The van der Waals surface area contributed by atoms with E-state index in [1.807, 2.05) is 0 Å². The van der Waals surface area contributed by atoms with Crippen LogP contribution < -0.4 is 0 Å². The number of nitrogens with zero attached hydrogens (tertiary/aromatic N) is 3. The molecule has 2 aliphatic heterocycles. The van der Waals surface area contributed by atoms with Gasteiger partial charge in [0, 0.05) is 9.34 Å². The fourth-order valence-corrected chi connectivity index (χ4v) is 2.97. The molecule has 0 spiro atoms. The van der Waals surface area contributed by atoms with Gasteiger partial charge in [0.05, 0.1) is 6.54 Å². The van der Waals surface area contributed by atoms with Crippen molar-refractivity contribution in [2.75, 3.05) is 11.0 Å². The Kier molecular flexibility index (Phi) is 3.54. The van der Waals surface area contributed by atoms with Crippen LogP contribution in [0.4, 0.5) is 0 Å². The second-order valence-corrected chi connectivity index (χ2v) is 5.38. The maximum Gasteiger partial charge on any atom is 0.190 e. The average Bonchev–Trinajstić information content (AvgIpc) is 2.69. The Morgan fingerprint density at radius 2 is 2.12 bits per heavy atom. The molecule has 0 bridgehead atoms.